The van der Waals surface area contributed by atoms with E-state index in [4.69, 9.17) is 4.74 Å². The first-order chi connectivity index (χ1) is 12.1. The number of carbonyl (C=O) groups is 2. The lowest BCUT2D eigenvalue weighted by molar-refractivity contribution is 0.0923. The number of ketones is 1. The average molecular weight is 338 g/mol. The molecule has 6 heteroatoms. The molecule has 25 heavy (non-hydrogen) atoms. The highest BCUT2D eigenvalue weighted by Gasteiger charge is 2.26. The Kier molecular flexibility index (Phi) is 3.87. The molecule has 1 aliphatic heterocycles. The van der Waals surface area contributed by atoms with Crippen LogP contribution in [-0.2, 0) is 6.42 Å². The molecule has 1 aromatic heterocycles. The number of Topliss-reactive ketones (excluding diaryl/α,β-unsaturated/α-hetero) is 1. The molecule has 2 N–H and O–H groups in total. The number of H-pyrrole nitrogens is 1. The third-order valence-corrected chi connectivity index (χ3v) is 4.76. The van der Waals surface area contributed by atoms with E-state index in [2.05, 4.69) is 10.3 Å². The second kappa shape index (κ2) is 6.20. The Morgan fingerprint density at radius 1 is 1.20 bits per heavy atom. The smallest absolute Gasteiger partial charge is 0.261 e. The van der Waals surface area contributed by atoms with E-state index in [9.17, 15) is 14.4 Å². The molecule has 0 spiro atoms. The number of ether oxygens (including phenoxy) is 1. The maximum absolute atomic E-state index is 12.7. The Labute approximate surface area is 144 Å². The van der Waals surface area contributed by atoms with Gasteiger partial charge in [-0.25, -0.2) is 0 Å². The molecule has 1 amide bonds. The fourth-order valence-corrected chi connectivity index (χ4v) is 3.47. The topological polar surface area (TPSA) is 88.3 Å². The highest BCUT2D eigenvalue weighted by Crippen LogP contribution is 2.31. The van der Waals surface area contributed by atoms with Crippen molar-refractivity contribution in [2.75, 3.05) is 6.61 Å². The van der Waals surface area contributed by atoms with Gasteiger partial charge in [-0.1, -0.05) is 18.2 Å². The summed E-state index contributed by atoms with van der Waals surface area (Å²) >= 11 is 0. The normalized spacial score (nSPS) is 18.7. The van der Waals surface area contributed by atoms with Crippen molar-refractivity contribution in [1.29, 1.82) is 0 Å². The summed E-state index contributed by atoms with van der Waals surface area (Å²) in [6.45, 7) is 0.501. The lowest BCUT2D eigenvalue weighted by atomic mass is 9.93. The first-order valence-electron chi connectivity index (χ1n) is 8.45. The van der Waals surface area contributed by atoms with E-state index in [1.807, 2.05) is 24.3 Å². The Hall–Kier alpha value is -2.89. The summed E-state index contributed by atoms with van der Waals surface area (Å²) in [5.74, 6) is 0.251. The number of nitrogens with one attached hydrogen (secondary N) is 2. The number of aromatic nitrogens is 1. The lowest BCUT2D eigenvalue weighted by Crippen LogP contribution is -2.36. The second-order valence-corrected chi connectivity index (χ2v) is 6.38. The zero-order valence-corrected chi connectivity index (χ0v) is 13.6. The number of hydrogen-bond donors (Lipinski definition) is 2. The zero-order valence-electron chi connectivity index (χ0n) is 13.6. The van der Waals surface area contributed by atoms with Gasteiger partial charge in [0.2, 0.25) is 0 Å². The number of hydrogen-bond acceptors (Lipinski definition) is 4. The van der Waals surface area contributed by atoms with Gasteiger partial charge in [0, 0.05) is 29.7 Å². The van der Waals surface area contributed by atoms with Gasteiger partial charge in [0.15, 0.2) is 5.78 Å². The minimum absolute atomic E-state index is 0.0158. The van der Waals surface area contributed by atoms with Crippen molar-refractivity contribution < 1.29 is 14.3 Å². The maximum Gasteiger partial charge on any atom is 0.261 e. The van der Waals surface area contributed by atoms with Gasteiger partial charge in [0.1, 0.15) is 11.3 Å². The molecule has 0 saturated heterocycles. The Balaban J connectivity index is 1.63. The predicted octanol–water partition coefficient (Wildman–Crippen LogP) is 2.15. The van der Waals surface area contributed by atoms with Crippen LogP contribution in [-0.4, -0.2) is 23.3 Å². The van der Waals surface area contributed by atoms with Crippen LogP contribution in [0.5, 0.6) is 5.75 Å². The molecule has 4 rings (SSSR count). The number of fused-ring (bicyclic) bond motifs is 2. The van der Waals surface area contributed by atoms with Crippen LogP contribution in [0.1, 0.15) is 57.3 Å². The van der Waals surface area contributed by atoms with Crippen molar-refractivity contribution in [3.05, 3.63) is 63.1 Å². The van der Waals surface area contributed by atoms with E-state index < -0.39 is 11.5 Å². The summed E-state index contributed by atoms with van der Waals surface area (Å²) in [6, 6.07) is 8.75. The van der Waals surface area contributed by atoms with Gasteiger partial charge < -0.3 is 15.0 Å². The molecule has 0 bridgehead atoms. The number of benzene rings is 1. The summed E-state index contributed by atoms with van der Waals surface area (Å²) in [7, 11) is 0. The quantitative estimate of drug-likeness (QED) is 0.878. The SMILES string of the molecule is O=C1CCCc2[nH]c(=O)c(C(=O)N[C@H]3CCOc4ccccc43)cc21. The average Bonchev–Trinajstić information content (AvgIpc) is 2.62. The minimum atomic E-state index is -0.468. The first-order valence-corrected chi connectivity index (χ1v) is 8.45. The van der Waals surface area contributed by atoms with E-state index in [1.54, 1.807) is 0 Å². The molecule has 0 radical (unpaired) electrons. The van der Waals surface area contributed by atoms with Gasteiger partial charge in [0.25, 0.3) is 11.5 Å². The monoisotopic (exact) mass is 338 g/mol. The van der Waals surface area contributed by atoms with Gasteiger partial charge in [-0.15, -0.1) is 0 Å². The summed E-state index contributed by atoms with van der Waals surface area (Å²) in [5.41, 5.74) is 1.52. The van der Waals surface area contributed by atoms with Crippen molar-refractivity contribution in [2.24, 2.45) is 0 Å². The number of aryl methyl sites for hydroxylation is 1. The van der Waals surface area contributed by atoms with Crippen LogP contribution in [0.2, 0.25) is 0 Å². The van der Waals surface area contributed by atoms with Crippen LogP contribution in [0.4, 0.5) is 0 Å². The van der Waals surface area contributed by atoms with E-state index in [0.29, 0.717) is 37.1 Å². The maximum atomic E-state index is 12.7. The van der Waals surface area contributed by atoms with Crippen LogP contribution in [0.3, 0.4) is 0 Å². The van der Waals surface area contributed by atoms with Crippen LogP contribution in [0.15, 0.2) is 35.1 Å². The number of rotatable bonds is 2. The summed E-state index contributed by atoms with van der Waals surface area (Å²) in [5, 5.41) is 2.90. The summed E-state index contributed by atoms with van der Waals surface area (Å²) < 4.78 is 5.59. The summed E-state index contributed by atoms with van der Waals surface area (Å²) in [4.78, 5) is 39.7. The van der Waals surface area contributed by atoms with Gasteiger partial charge in [-0.05, 0) is 25.0 Å². The number of aromatic amines is 1. The van der Waals surface area contributed by atoms with Crippen molar-refractivity contribution in [2.45, 2.75) is 31.7 Å². The number of carbonyl (C=O) groups excluding carboxylic acids is 2. The van der Waals surface area contributed by atoms with Crippen LogP contribution in [0, 0.1) is 0 Å². The number of pyridine rings is 1. The zero-order chi connectivity index (χ0) is 17.4. The minimum Gasteiger partial charge on any atom is -0.493 e. The lowest BCUT2D eigenvalue weighted by Gasteiger charge is -2.26. The fourth-order valence-electron chi connectivity index (χ4n) is 3.47. The van der Waals surface area contributed by atoms with E-state index >= 15 is 0 Å². The third-order valence-electron chi connectivity index (χ3n) is 4.76. The molecule has 6 nitrogen and oxygen atoms in total. The van der Waals surface area contributed by atoms with Crippen molar-refractivity contribution in [3.8, 4) is 5.75 Å². The number of amides is 1. The molecule has 1 aromatic carbocycles. The predicted molar refractivity (Wildman–Crippen MR) is 91.1 cm³/mol. The van der Waals surface area contributed by atoms with Crippen LogP contribution >= 0.6 is 0 Å². The molecule has 1 aliphatic carbocycles. The molecule has 0 saturated carbocycles. The van der Waals surface area contributed by atoms with Gasteiger partial charge >= 0.3 is 0 Å². The Morgan fingerprint density at radius 3 is 2.92 bits per heavy atom. The molecule has 128 valence electrons. The molecule has 0 fully saturated rings. The van der Waals surface area contributed by atoms with Gasteiger partial charge in [-0.2, -0.15) is 0 Å². The standard InChI is InChI=1S/C19H18N2O4/c22-16-6-3-5-14-12(16)10-13(18(23)20-14)19(24)21-15-8-9-25-17-7-2-1-4-11(15)17/h1-2,4,7,10,15H,3,5-6,8-9H2,(H,20,23)(H,21,24)/t15-/m0/s1. The number of para-hydroxylation sites is 1. The van der Waals surface area contributed by atoms with E-state index in [-0.39, 0.29) is 17.4 Å². The molecule has 2 aromatic rings. The van der Waals surface area contributed by atoms with Crippen LogP contribution in [0.25, 0.3) is 0 Å². The highest BCUT2D eigenvalue weighted by molar-refractivity contribution is 6.01. The molecule has 0 unspecified atom stereocenters. The van der Waals surface area contributed by atoms with Crippen LogP contribution < -0.4 is 15.6 Å². The molecule has 1 atom stereocenters. The molecule has 2 aliphatic rings. The van der Waals surface area contributed by atoms with Gasteiger partial charge in [0.05, 0.1) is 12.6 Å². The molecule has 2 heterocycles. The second-order valence-electron chi connectivity index (χ2n) is 6.38. The highest BCUT2D eigenvalue weighted by atomic mass is 16.5. The van der Waals surface area contributed by atoms with E-state index in [1.165, 1.54) is 6.07 Å². The fraction of sp³-hybridized carbons (Fsp3) is 0.316. The van der Waals surface area contributed by atoms with Crippen molar-refractivity contribution in [1.82, 2.24) is 10.3 Å². The summed E-state index contributed by atoms with van der Waals surface area (Å²) in [6.07, 6.45) is 2.47. The molecular weight excluding hydrogens is 320 g/mol. The first kappa shape index (κ1) is 15.6. The Morgan fingerprint density at radius 2 is 2.04 bits per heavy atom. The van der Waals surface area contributed by atoms with Gasteiger partial charge in [-0.3, -0.25) is 14.4 Å². The van der Waals surface area contributed by atoms with Crippen molar-refractivity contribution >= 4 is 11.7 Å². The Bertz CT molecular complexity index is 916. The third kappa shape index (κ3) is 2.84. The van der Waals surface area contributed by atoms with Crippen molar-refractivity contribution in [3.63, 3.8) is 0 Å². The molecular formula is C19H18N2O4. The van der Waals surface area contributed by atoms with E-state index in [0.717, 1.165) is 17.7 Å². The largest absolute Gasteiger partial charge is 0.493 e.